The Kier molecular flexibility index (Phi) is 64.4. The third kappa shape index (κ3) is 65.8. The third-order valence-electron chi connectivity index (χ3n) is 13.8. The van der Waals surface area contributed by atoms with Crippen LogP contribution in [0.3, 0.4) is 0 Å². The molecule has 0 aliphatic heterocycles. The van der Waals surface area contributed by atoms with Crippen molar-refractivity contribution < 1.29 is 28.6 Å². The van der Waals surface area contributed by atoms with Crippen LogP contribution in [0.1, 0.15) is 284 Å². The van der Waals surface area contributed by atoms with Crippen molar-refractivity contribution >= 4 is 17.9 Å². The van der Waals surface area contributed by atoms with Crippen LogP contribution in [0, 0.1) is 0 Å². The van der Waals surface area contributed by atoms with Gasteiger partial charge in [-0.2, -0.15) is 0 Å². The van der Waals surface area contributed by atoms with Gasteiger partial charge in [-0.05, 0) is 128 Å². The fraction of sp³-hybridized carbons (Fsp3) is 0.618. The molecular weight excluding hydrogens is 1010 g/mol. The van der Waals surface area contributed by atoms with Crippen molar-refractivity contribution in [2.24, 2.45) is 0 Å². The van der Waals surface area contributed by atoms with Gasteiger partial charge in [0.15, 0.2) is 6.10 Å². The van der Waals surface area contributed by atoms with Crippen LogP contribution in [0.15, 0.2) is 158 Å². The summed E-state index contributed by atoms with van der Waals surface area (Å²) in [5, 5.41) is 0. The minimum absolute atomic E-state index is 0.0925. The van der Waals surface area contributed by atoms with Gasteiger partial charge in [-0.3, -0.25) is 14.4 Å². The highest BCUT2D eigenvalue weighted by atomic mass is 16.6. The predicted octanol–water partition coefficient (Wildman–Crippen LogP) is 23.3. The zero-order valence-corrected chi connectivity index (χ0v) is 52.9. The number of hydrogen-bond donors (Lipinski definition) is 0. The highest BCUT2D eigenvalue weighted by Crippen LogP contribution is 2.15. The fourth-order valence-corrected chi connectivity index (χ4v) is 8.84. The summed E-state index contributed by atoms with van der Waals surface area (Å²) in [4.78, 5) is 38.1. The lowest BCUT2D eigenvalue weighted by atomic mass is 10.0. The average Bonchev–Trinajstić information content (AvgIpc) is 3.47. The van der Waals surface area contributed by atoms with Crippen LogP contribution >= 0.6 is 0 Å². The van der Waals surface area contributed by atoms with Crippen LogP contribution in [0.5, 0.6) is 0 Å². The van der Waals surface area contributed by atoms with E-state index < -0.39 is 6.10 Å². The molecule has 0 spiro atoms. The maximum absolute atomic E-state index is 12.8. The molecule has 0 saturated carbocycles. The molecule has 0 bridgehead atoms. The zero-order chi connectivity index (χ0) is 59.2. The summed E-state index contributed by atoms with van der Waals surface area (Å²) in [6.07, 6.45) is 100. The molecule has 6 heteroatoms. The molecule has 0 heterocycles. The number of rotatable bonds is 59. The van der Waals surface area contributed by atoms with Gasteiger partial charge in [0.2, 0.25) is 0 Å². The summed E-state index contributed by atoms with van der Waals surface area (Å²) < 4.78 is 16.8. The molecule has 0 aliphatic carbocycles. The number of hydrogen-bond acceptors (Lipinski definition) is 6. The third-order valence-corrected chi connectivity index (χ3v) is 13.8. The second-order valence-electron chi connectivity index (χ2n) is 21.6. The number of carbonyl (C=O) groups excluding carboxylic acids is 3. The van der Waals surface area contributed by atoms with Crippen molar-refractivity contribution in [3.8, 4) is 0 Å². The summed E-state index contributed by atoms with van der Waals surface area (Å²) in [7, 11) is 0. The Bertz CT molecular complexity index is 1830. The summed E-state index contributed by atoms with van der Waals surface area (Å²) in [6.45, 7) is 6.33. The Morgan fingerprint density at radius 3 is 0.744 bits per heavy atom. The normalized spacial score (nSPS) is 13.2. The number of carbonyl (C=O) groups is 3. The maximum Gasteiger partial charge on any atom is 0.306 e. The lowest BCUT2D eigenvalue weighted by Crippen LogP contribution is -2.30. The van der Waals surface area contributed by atoms with E-state index in [2.05, 4.69) is 179 Å². The second kappa shape index (κ2) is 68.5. The molecule has 0 saturated heterocycles. The first kappa shape index (κ1) is 77.0. The quantitative estimate of drug-likeness (QED) is 0.0261. The summed E-state index contributed by atoms with van der Waals surface area (Å²) in [5.74, 6) is -0.929. The van der Waals surface area contributed by atoms with Gasteiger partial charge in [0.25, 0.3) is 0 Å². The Labute approximate surface area is 505 Å². The van der Waals surface area contributed by atoms with Crippen molar-refractivity contribution in [1.29, 1.82) is 0 Å². The van der Waals surface area contributed by atoms with E-state index in [0.29, 0.717) is 19.3 Å². The second-order valence-corrected chi connectivity index (χ2v) is 21.6. The minimum atomic E-state index is -0.795. The van der Waals surface area contributed by atoms with Crippen molar-refractivity contribution in [3.05, 3.63) is 158 Å². The predicted molar refractivity (Wildman–Crippen MR) is 357 cm³/mol. The molecule has 0 N–H and O–H groups in total. The van der Waals surface area contributed by atoms with Crippen LogP contribution in [0.2, 0.25) is 0 Å². The van der Waals surface area contributed by atoms with Gasteiger partial charge < -0.3 is 14.2 Å². The van der Waals surface area contributed by atoms with E-state index in [1.165, 1.54) is 89.9 Å². The first-order valence-corrected chi connectivity index (χ1v) is 33.5. The lowest BCUT2D eigenvalue weighted by Gasteiger charge is -2.18. The van der Waals surface area contributed by atoms with E-state index in [-0.39, 0.29) is 31.1 Å². The fourth-order valence-electron chi connectivity index (χ4n) is 8.84. The average molecular weight is 1130 g/mol. The SMILES string of the molecule is CC/C=C\C/C=C\C/C=C\C/C=C\C/C=C\C/C=C\C/C=C\CCCCCCCCCCCCCCCC(=O)OCC(COC(=O)CCCCCCCC)OC(=O)CCCCCC/C=C\C/C=C\C/C=C\C/C=C\C/C=C\C/C=C\CC. The molecule has 1 atom stereocenters. The van der Waals surface area contributed by atoms with Crippen LogP contribution in [0.25, 0.3) is 0 Å². The molecular formula is C76H122O6. The number of esters is 3. The standard InChI is InChI=1S/C76H122O6/c1-4-7-10-13-16-18-20-22-24-26-28-30-32-33-34-35-36-37-38-39-40-41-42-43-45-46-48-50-52-54-56-58-60-63-66-69-75(78)81-72-73(71-80-74(77)68-65-62-15-12-9-6-3)82-76(79)70-67-64-61-59-57-55-53-51-49-47-44-31-29-27-25-23-21-19-17-14-11-8-5-2/h7-8,10-11,16-19,22-25,28-31,33-34,36-37,39-40,47,49,53,55,73H,4-6,9,12-15,20-21,26-27,32,35,38,41-46,48,50-52,54,56-72H2,1-3H3/b10-7-,11-8-,18-16-,19-17-,24-22-,25-23-,30-28-,31-29-,34-33-,37-36-,40-39-,49-47-,55-53-. The molecule has 0 aromatic heterocycles. The monoisotopic (exact) mass is 1130 g/mol. The molecule has 0 radical (unpaired) electrons. The smallest absolute Gasteiger partial charge is 0.306 e. The van der Waals surface area contributed by atoms with Crippen LogP contribution in [-0.4, -0.2) is 37.2 Å². The van der Waals surface area contributed by atoms with Gasteiger partial charge >= 0.3 is 17.9 Å². The van der Waals surface area contributed by atoms with Crippen molar-refractivity contribution in [3.63, 3.8) is 0 Å². The largest absolute Gasteiger partial charge is 0.462 e. The lowest BCUT2D eigenvalue weighted by molar-refractivity contribution is -0.167. The van der Waals surface area contributed by atoms with Gasteiger partial charge in [-0.25, -0.2) is 0 Å². The van der Waals surface area contributed by atoms with E-state index in [1.54, 1.807) is 0 Å². The number of unbranched alkanes of at least 4 members (excludes halogenated alkanes) is 22. The first-order valence-electron chi connectivity index (χ1n) is 33.5. The van der Waals surface area contributed by atoms with Crippen LogP contribution < -0.4 is 0 Å². The summed E-state index contributed by atoms with van der Waals surface area (Å²) >= 11 is 0. The van der Waals surface area contributed by atoms with Gasteiger partial charge in [0.1, 0.15) is 13.2 Å². The Morgan fingerprint density at radius 1 is 0.256 bits per heavy atom. The topological polar surface area (TPSA) is 78.9 Å². The molecule has 462 valence electrons. The molecule has 0 aromatic rings. The summed E-state index contributed by atoms with van der Waals surface area (Å²) in [6, 6.07) is 0. The van der Waals surface area contributed by atoms with Gasteiger partial charge in [-0.1, -0.05) is 294 Å². The Morgan fingerprint density at radius 2 is 0.476 bits per heavy atom. The molecule has 82 heavy (non-hydrogen) atoms. The van der Waals surface area contributed by atoms with E-state index in [4.69, 9.17) is 14.2 Å². The van der Waals surface area contributed by atoms with E-state index >= 15 is 0 Å². The molecule has 1 unspecified atom stereocenters. The van der Waals surface area contributed by atoms with E-state index in [0.717, 1.165) is 154 Å². The van der Waals surface area contributed by atoms with Crippen LogP contribution in [-0.2, 0) is 28.6 Å². The van der Waals surface area contributed by atoms with Crippen molar-refractivity contribution in [2.45, 2.75) is 290 Å². The first-order chi connectivity index (χ1) is 40.5. The number of allylic oxidation sites excluding steroid dienone is 26. The molecule has 0 aliphatic rings. The molecule has 0 aromatic carbocycles. The van der Waals surface area contributed by atoms with Crippen molar-refractivity contribution in [1.82, 2.24) is 0 Å². The van der Waals surface area contributed by atoms with Gasteiger partial charge in [0, 0.05) is 19.3 Å². The molecule has 0 amide bonds. The van der Waals surface area contributed by atoms with Gasteiger partial charge in [0.05, 0.1) is 0 Å². The van der Waals surface area contributed by atoms with E-state index in [1.807, 2.05) is 0 Å². The highest BCUT2D eigenvalue weighted by Gasteiger charge is 2.19. The van der Waals surface area contributed by atoms with E-state index in [9.17, 15) is 14.4 Å². The zero-order valence-electron chi connectivity index (χ0n) is 52.9. The Balaban J connectivity index is 4.11. The van der Waals surface area contributed by atoms with Gasteiger partial charge in [-0.15, -0.1) is 0 Å². The highest BCUT2D eigenvalue weighted by molar-refractivity contribution is 5.71. The number of ether oxygens (including phenoxy) is 3. The molecule has 0 fully saturated rings. The molecule has 0 rings (SSSR count). The maximum atomic E-state index is 12.8. The van der Waals surface area contributed by atoms with Crippen molar-refractivity contribution in [2.75, 3.05) is 13.2 Å². The minimum Gasteiger partial charge on any atom is -0.462 e. The Hall–Kier alpha value is -4.97. The van der Waals surface area contributed by atoms with Crippen LogP contribution in [0.4, 0.5) is 0 Å². The summed E-state index contributed by atoms with van der Waals surface area (Å²) in [5.41, 5.74) is 0. The molecule has 6 nitrogen and oxygen atoms in total.